The molecule has 2 amide bonds. The van der Waals surface area contributed by atoms with E-state index < -0.39 is 6.09 Å². The topological polar surface area (TPSA) is 91.0 Å². The molecule has 4 rings (SSSR count). The van der Waals surface area contributed by atoms with Crippen LogP contribution >= 0.6 is 0 Å². The van der Waals surface area contributed by atoms with Gasteiger partial charge >= 0.3 is 6.09 Å². The fraction of sp³-hybridized carbons (Fsp3) is 0.300. The average molecular weight is 397 g/mol. The zero-order valence-electron chi connectivity index (χ0n) is 16.0. The highest BCUT2D eigenvalue weighted by molar-refractivity contribution is 5.93. The molecule has 1 aromatic carbocycles. The first-order chi connectivity index (χ1) is 13.8. The average Bonchev–Trinajstić information content (AvgIpc) is 3.12. The van der Waals surface area contributed by atoms with Gasteiger partial charge in [-0.15, -0.1) is 0 Å². The van der Waals surface area contributed by atoms with Crippen LogP contribution in [0.2, 0.25) is 0 Å². The zero-order valence-corrected chi connectivity index (χ0v) is 16.0. The van der Waals surface area contributed by atoms with E-state index in [4.69, 9.17) is 0 Å². The third-order valence-electron chi connectivity index (χ3n) is 5.13. The number of carbonyl (C=O) groups is 2. The Labute approximate surface area is 166 Å². The van der Waals surface area contributed by atoms with Gasteiger partial charge in [0.15, 0.2) is 5.65 Å². The summed E-state index contributed by atoms with van der Waals surface area (Å²) in [5, 5.41) is 13.7. The molecule has 1 N–H and O–H groups in total. The summed E-state index contributed by atoms with van der Waals surface area (Å²) in [4.78, 5) is 31.5. The predicted molar refractivity (Wildman–Crippen MR) is 103 cm³/mol. The van der Waals surface area contributed by atoms with E-state index in [-0.39, 0.29) is 30.0 Å². The number of halogens is 1. The number of carbonyl (C=O) groups excluding carboxylic acids is 1. The SMILES string of the molecule is Cc1cc(-c2ccc(F)cc2)nn2cc(C(=O)N3CCN(C(=O)O)[C@@H](C)C3)nc12. The molecule has 1 fully saturated rings. The summed E-state index contributed by atoms with van der Waals surface area (Å²) >= 11 is 0. The highest BCUT2D eigenvalue weighted by atomic mass is 19.1. The molecule has 9 heteroatoms. The Morgan fingerprint density at radius 3 is 2.59 bits per heavy atom. The van der Waals surface area contributed by atoms with Gasteiger partial charge in [0.05, 0.1) is 11.9 Å². The summed E-state index contributed by atoms with van der Waals surface area (Å²) in [6, 6.07) is 7.60. The van der Waals surface area contributed by atoms with Crippen LogP contribution < -0.4 is 0 Å². The van der Waals surface area contributed by atoms with Gasteiger partial charge in [0, 0.05) is 31.2 Å². The maximum Gasteiger partial charge on any atom is 0.407 e. The van der Waals surface area contributed by atoms with Gasteiger partial charge in [0.1, 0.15) is 11.5 Å². The zero-order chi connectivity index (χ0) is 20.7. The van der Waals surface area contributed by atoms with Crippen LogP contribution in [-0.2, 0) is 0 Å². The maximum absolute atomic E-state index is 13.2. The lowest BCUT2D eigenvalue weighted by Crippen LogP contribution is -2.55. The number of hydrogen-bond donors (Lipinski definition) is 1. The molecule has 1 saturated heterocycles. The van der Waals surface area contributed by atoms with Crippen LogP contribution in [0.4, 0.5) is 9.18 Å². The second-order valence-corrected chi connectivity index (χ2v) is 7.19. The van der Waals surface area contributed by atoms with Crippen LogP contribution in [0.25, 0.3) is 16.9 Å². The molecule has 29 heavy (non-hydrogen) atoms. The Morgan fingerprint density at radius 2 is 1.93 bits per heavy atom. The first-order valence-corrected chi connectivity index (χ1v) is 9.25. The van der Waals surface area contributed by atoms with E-state index in [0.29, 0.717) is 24.4 Å². The van der Waals surface area contributed by atoms with E-state index in [9.17, 15) is 19.1 Å². The Hall–Kier alpha value is -3.49. The summed E-state index contributed by atoms with van der Waals surface area (Å²) in [7, 11) is 0. The number of aryl methyl sites for hydroxylation is 1. The van der Waals surface area contributed by atoms with Crippen molar-refractivity contribution in [2.45, 2.75) is 19.9 Å². The molecule has 1 aliphatic rings. The molecular formula is C20H20FN5O3. The lowest BCUT2D eigenvalue weighted by Gasteiger charge is -2.37. The second-order valence-electron chi connectivity index (χ2n) is 7.19. The van der Waals surface area contributed by atoms with Crippen LogP contribution in [-0.4, -0.2) is 67.2 Å². The van der Waals surface area contributed by atoms with E-state index >= 15 is 0 Å². The van der Waals surface area contributed by atoms with E-state index in [1.165, 1.54) is 17.0 Å². The second kappa shape index (κ2) is 7.16. The molecule has 3 aromatic rings. The van der Waals surface area contributed by atoms with Gasteiger partial charge in [0.25, 0.3) is 5.91 Å². The highest BCUT2D eigenvalue weighted by Gasteiger charge is 2.31. The normalized spacial score (nSPS) is 17.0. The predicted octanol–water partition coefficient (Wildman–Crippen LogP) is 2.67. The lowest BCUT2D eigenvalue weighted by atomic mass is 10.1. The van der Waals surface area contributed by atoms with Gasteiger partial charge in [-0.2, -0.15) is 5.10 Å². The molecule has 1 atom stereocenters. The van der Waals surface area contributed by atoms with Crippen LogP contribution in [0, 0.1) is 12.7 Å². The van der Waals surface area contributed by atoms with Gasteiger partial charge in [0.2, 0.25) is 0 Å². The molecule has 8 nitrogen and oxygen atoms in total. The molecule has 3 heterocycles. The Kier molecular flexibility index (Phi) is 4.65. The monoisotopic (exact) mass is 397 g/mol. The summed E-state index contributed by atoms with van der Waals surface area (Å²) in [6.07, 6.45) is 0.594. The van der Waals surface area contributed by atoms with E-state index in [1.807, 2.05) is 13.0 Å². The number of benzene rings is 1. The van der Waals surface area contributed by atoms with Crippen molar-refractivity contribution >= 4 is 17.6 Å². The highest BCUT2D eigenvalue weighted by Crippen LogP contribution is 2.21. The molecule has 150 valence electrons. The number of piperazine rings is 1. The van der Waals surface area contributed by atoms with Gasteiger partial charge < -0.3 is 14.9 Å². The van der Waals surface area contributed by atoms with Crippen molar-refractivity contribution in [1.82, 2.24) is 24.4 Å². The Morgan fingerprint density at radius 1 is 1.21 bits per heavy atom. The standard InChI is InChI=1S/C20H20FN5O3/c1-12-9-16(14-3-5-15(21)6-4-14)23-26-11-17(22-18(12)26)19(27)24-7-8-25(20(28)29)13(2)10-24/h3-6,9,11,13H,7-8,10H2,1-2H3,(H,28,29)/t13-/m0/s1. The Balaban J connectivity index is 1.62. The van der Waals surface area contributed by atoms with Crippen molar-refractivity contribution in [2.75, 3.05) is 19.6 Å². The molecule has 1 aliphatic heterocycles. The van der Waals surface area contributed by atoms with Crippen molar-refractivity contribution in [2.24, 2.45) is 0 Å². The molecule has 0 bridgehead atoms. The minimum Gasteiger partial charge on any atom is -0.465 e. The van der Waals surface area contributed by atoms with Gasteiger partial charge in [-0.05, 0) is 49.7 Å². The van der Waals surface area contributed by atoms with Crippen molar-refractivity contribution in [3.8, 4) is 11.3 Å². The number of hydrogen-bond acceptors (Lipinski definition) is 4. The number of fused-ring (bicyclic) bond motifs is 1. The third kappa shape index (κ3) is 3.51. The summed E-state index contributed by atoms with van der Waals surface area (Å²) in [5.74, 6) is -0.575. The molecule has 0 radical (unpaired) electrons. The van der Waals surface area contributed by atoms with Crippen LogP contribution in [0.15, 0.2) is 36.5 Å². The number of rotatable bonds is 2. The number of carboxylic acid groups (broad SMARTS) is 1. The summed E-state index contributed by atoms with van der Waals surface area (Å²) in [6.45, 7) is 4.54. The van der Waals surface area contributed by atoms with Crippen LogP contribution in [0.5, 0.6) is 0 Å². The van der Waals surface area contributed by atoms with E-state index in [0.717, 1.165) is 11.1 Å². The molecule has 0 spiro atoms. The smallest absolute Gasteiger partial charge is 0.407 e. The fourth-order valence-corrected chi connectivity index (χ4v) is 3.58. The largest absolute Gasteiger partial charge is 0.465 e. The lowest BCUT2D eigenvalue weighted by molar-refractivity contribution is 0.0502. The summed E-state index contributed by atoms with van der Waals surface area (Å²) in [5.41, 5.74) is 3.07. The first kappa shape index (κ1) is 18.9. The quantitative estimate of drug-likeness (QED) is 0.718. The molecule has 0 saturated carbocycles. The first-order valence-electron chi connectivity index (χ1n) is 9.25. The molecule has 0 aliphatic carbocycles. The maximum atomic E-state index is 13.2. The van der Waals surface area contributed by atoms with E-state index in [1.54, 1.807) is 34.7 Å². The minimum absolute atomic E-state index is 0.255. The van der Waals surface area contributed by atoms with Gasteiger partial charge in [-0.1, -0.05) is 0 Å². The number of imidazole rings is 1. The molecular weight excluding hydrogens is 377 g/mol. The van der Waals surface area contributed by atoms with Gasteiger partial charge in [-0.3, -0.25) is 4.79 Å². The van der Waals surface area contributed by atoms with Crippen LogP contribution in [0.1, 0.15) is 23.0 Å². The minimum atomic E-state index is -0.981. The molecule has 2 aromatic heterocycles. The Bertz CT molecular complexity index is 1100. The summed E-state index contributed by atoms with van der Waals surface area (Å²) < 4.78 is 14.7. The van der Waals surface area contributed by atoms with Gasteiger partial charge in [-0.25, -0.2) is 18.7 Å². The number of nitrogens with zero attached hydrogens (tertiary/aromatic N) is 5. The third-order valence-corrected chi connectivity index (χ3v) is 5.13. The van der Waals surface area contributed by atoms with E-state index in [2.05, 4.69) is 10.1 Å². The number of aromatic nitrogens is 3. The van der Waals surface area contributed by atoms with Crippen LogP contribution in [0.3, 0.4) is 0 Å². The fourth-order valence-electron chi connectivity index (χ4n) is 3.58. The van der Waals surface area contributed by atoms with Crippen molar-refractivity contribution in [3.63, 3.8) is 0 Å². The van der Waals surface area contributed by atoms with Crippen molar-refractivity contribution in [3.05, 3.63) is 53.6 Å². The van der Waals surface area contributed by atoms with Crippen molar-refractivity contribution < 1.29 is 19.1 Å². The molecule has 0 unspecified atom stereocenters. The number of amides is 2. The van der Waals surface area contributed by atoms with Crippen molar-refractivity contribution in [1.29, 1.82) is 0 Å².